The minimum atomic E-state index is 0.746. The molecule has 2 rings (SSSR count). The first-order chi connectivity index (χ1) is 6.27. The van der Waals surface area contributed by atoms with Crippen LogP contribution in [0.25, 0.3) is 0 Å². The van der Waals surface area contributed by atoms with E-state index in [4.69, 9.17) is 0 Å². The predicted molar refractivity (Wildman–Crippen MR) is 56.4 cm³/mol. The molecule has 0 atom stereocenters. The molecule has 0 radical (unpaired) electrons. The van der Waals surface area contributed by atoms with Gasteiger partial charge in [0.05, 0.1) is 0 Å². The van der Waals surface area contributed by atoms with Crippen molar-refractivity contribution < 1.29 is 0 Å². The van der Waals surface area contributed by atoms with Gasteiger partial charge in [0.1, 0.15) is 0 Å². The Morgan fingerprint density at radius 2 is 1.77 bits per heavy atom. The first kappa shape index (κ1) is 8.57. The number of rotatable bonds is 2. The number of nitrogens with zero attached hydrogens (tertiary/aromatic N) is 1. The van der Waals surface area contributed by atoms with Crippen LogP contribution >= 0.6 is 0 Å². The van der Waals surface area contributed by atoms with E-state index in [0.717, 1.165) is 19.0 Å². The van der Waals surface area contributed by atoms with Crippen LogP contribution < -0.4 is 10.2 Å². The number of nitrogens with one attached hydrogen (secondary N) is 1. The maximum absolute atomic E-state index is 3.29. The molecular weight excluding hydrogens is 160 g/mol. The van der Waals surface area contributed by atoms with Gasteiger partial charge in [0.25, 0.3) is 0 Å². The quantitative estimate of drug-likeness (QED) is 0.733. The molecule has 2 nitrogen and oxygen atoms in total. The SMILES string of the molecule is CN(C)c1ccc(C2CNC2)cc1. The Morgan fingerprint density at radius 3 is 2.15 bits per heavy atom. The predicted octanol–water partition coefficient (Wildman–Crippen LogP) is 1.44. The Morgan fingerprint density at radius 1 is 1.15 bits per heavy atom. The van der Waals surface area contributed by atoms with Crippen LogP contribution in [-0.2, 0) is 0 Å². The van der Waals surface area contributed by atoms with Crippen molar-refractivity contribution in [2.24, 2.45) is 0 Å². The monoisotopic (exact) mass is 176 g/mol. The fourth-order valence-corrected chi connectivity index (χ4v) is 1.57. The summed E-state index contributed by atoms with van der Waals surface area (Å²) in [4.78, 5) is 2.13. The van der Waals surface area contributed by atoms with E-state index in [9.17, 15) is 0 Å². The van der Waals surface area contributed by atoms with E-state index in [2.05, 4.69) is 48.6 Å². The number of benzene rings is 1. The average Bonchev–Trinajstić information content (AvgIpc) is 2.02. The second-order valence-corrected chi connectivity index (χ2v) is 3.84. The molecule has 1 aromatic rings. The first-order valence-corrected chi connectivity index (χ1v) is 4.75. The zero-order valence-corrected chi connectivity index (χ0v) is 8.25. The van der Waals surface area contributed by atoms with E-state index in [-0.39, 0.29) is 0 Å². The maximum atomic E-state index is 3.29. The minimum Gasteiger partial charge on any atom is -0.378 e. The Bertz CT molecular complexity index is 273. The Labute approximate surface area is 79.6 Å². The Hall–Kier alpha value is -1.02. The molecule has 1 N–H and O–H groups in total. The lowest BCUT2D eigenvalue weighted by molar-refractivity contribution is 0.448. The molecule has 1 aliphatic rings. The summed E-state index contributed by atoms with van der Waals surface area (Å²) in [6, 6.07) is 8.85. The lowest BCUT2D eigenvalue weighted by Crippen LogP contribution is -2.39. The highest BCUT2D eigenvalue weighted by Gasteiger charge is 2.18. The van der Waals surface area contributed by atoms with Gasteiger partial charge in [-0.05, 0) is 17.7 Å². The molecule has 0 aliphatic carbocycles. The second kappa shape index (κ2) is 3.38. The summed E-state index contributed by atoms with van der Waals surface area (Å²) in [7, 11) is 4.14. The standard InChI is InChI=1S/C11H16N2/c1-13(2)11-5-3-9(4-6-11)10-7-12-8-10/h3-6,10,12H,7-8H2,1-2H3. The fraction of sp³-hybridized carbons (Fsp3) is 0.455. The molecule has 70 valence electrons. The van der Waals surface area contributed by atoms with Crippen LogP contribution in [0.1, 0.15) is 11.5 Å². The van der Waals surface area contributed by atoms with Crippen LogP contribution in [0.3, 0.4) is 0 Å². The van der Waals surface area contributed by atoms with Gasteiger partial charge in [0, 0.05) is 38.8 Å². The average molecular weight is 176 g/mol. The maximum Gasteiger partial charge on any atom is 0.0361 e. The molecule has 2 heteroatoms. The van der Waals surface area contributed by atoms with Crippen molar-refractivity contribution in [3.63, 3.8) is 0 Å². The molecule has 0 saturated carbocycles. The van der Waals surface area contributed by atoms with Crippen LogP contribution in [0.5, 0.6) is 0 Å². The molecule has 1 saturated heterocycles. The van der Waals surface area contributed by atoms with Gasteiger partial charge in [-0.15, -0.1) is 0 Å². The topological polar surface area (TPSA) is 15.3 Å². The summed E-state index contributed by atoms with van der Waals surface area (Å²) in [5.41, 5.74) is 2.74. The van der Waals surface area contributed by atoms with Crippen LogP contribution in [-0.4, -0.2) is 27.2 Å². The van der Waals surface area contributed by atoms with Gasteiger partial charge in [-0.1, -0.05) is 12.1 Å². The molecule has 0 spiro atoms. The van der Waals surface area contributed by atoms with Crippen molar-refractivity contribution in [3.8, 4) is 0 Å². The molecule has 0 aromatic heterocycles. The zero-order valence-electron chi connectivity index (χ0n) is 8.25. The van der Waals surface area contributed by atoms with Gasteiger partial charge >= 0.3 is 0 Å². The van der Waals surface area contributed by atoms with Gasteiger partial charge in [-0.25, -0.2) is 0 Å². The van der Waals surface area contributed by atoms with Gasteiger partial charge < -0.3 is 10.2 Å². The highest BCUT2D eigenvalue weighted by atomic mass is 15.1. The van der Waals surface area contributed by atoms with E-state index in [1.165, 1.54) is 11.3 Å². The normalized spacial score (nSPS) is 16.8. The van der Waals surface area contributed by atoms with E-state index >= 15 is 0 Å². The molecule has 1 fully saturated rings. The summed E-state index contributed by atoms with van der Waals surface area (Å²) < 4.78 is 0. The van der Waals surface area contributed by atoms with Crippen molar-refractivity contribution in [2.45, 2.75) is 5.92 Å². The zero-order chi connectivity index (χ0) is 9.26. The van der Waals surface area contributed by atoms with Gasteiger partial charge in [0.2, 0.25) is 0 Å². The first-order valence-electron chi connectivity index (χ1n) is 4.75. The van der Waals surface area contributed by atoms with Crippen LogP contribution in [0.2, 0.25) is 0 Å². The lowest BCUT2D eigenvalue weighted by atomic mass is 9.94. The van der Waals surface area contributed by atoms with Crippen molar-refractivity contribution in [1.29, 1.82) is 0 Å². The molecule has 1 aliphatic heterocycles. The largest absolute Gasteiger partial charge is 0.378 e. The lowest BCUT2D eigenvalue weighted by Gasteiger charge is -2.27. The van der Waals surface area contributed by atoms with E-state index < -0.39 is 0 Å². The van der Waals surface area contributed by atoms with Crippen molar-refractivity contribution >= 4 is 5.69 Å². The van der Waals surface area contributed by atoms with Crippen LogP contribution in [0.15, 0.2) is 24.3 Å². The summed E-state index contributed by atoms with van der Waals surface area (Å²) in [6.07, 6.45) is 0. The molecule has 0 bridgehead atoms. The highest BCUT2D eigenvalue weighted by Crippen LogP contribution is 2.22. The molecule has 0 unspecified atom stereocenters. The molecule has 0 amide bonds. The fourth-order valence-electron chi connectivity index (χ4n) is 1.57. The minimum absolute atomic E-state index is 0.746. The van der Waals surface area contributed by atoms with Crippen LogP contribution in [0.4, 0.5) is 5.69 Å². The number of hydrogen-bond donors (Lipinski definition) is 1. The third kappa shape index (κ3) is 1.68. The third-order valence-electron chi connectivity index (χ3n) is 2.66. The summed E-state index contributed by atoms with van der Waals surface area (Å²) in [5.74, 6) is 0.746. The summed E-state index contributed by atoms with van der Waals surface area (Å²) in [6.45, 7) is 2.28. The van der Waals surface area contributed by atoms with Crippen molar-refractivity contribution in [1.82, 2.24) is 5.32 Å². The van der Waals surface area contributed by atoms with E-state index in [1.807, 2.05) is 0 Å². The van der Waals surface area contributed by atoms with Crippen molar-refractivity contribution in [3.05, 3.63) is 29.8 Å². The molecule has 1 heterocycles. The summed E-state index contributed by atoms with van der Waals surface area (Å²) >= 11 is 0. The number of anilines is 1. The van der Waals surface area contributed by atoms with Gasteiger partial charge in [0.15, 0.2) is 0 Å². The molecule has 1 aromatic carbocycles. The third-order valence-corrected chi connectivity index (χ3v) is 2.66. The molecular formula is C11H16N2. The Balaban J connectivity index is 2.13. The number of hydrogen-bond acceptors (Lipinski definition) is 2. The van der Waals surface area contributed by atoms with E-state index in [1.54, 1.807) is 0 Å². The van der Waals surface area contributed by atoms with Crippen molar-refractivity contribution in [2.75, 3.05) is 32.1 Å². The van der Waals surface area contributed by atoms with Crippen LogP contribution in [0, 0.1) is 0 Å². The molecule has 13 heavy (non-hydrogen) atoms. The second-order valence-electron chi connectivity index (χ2n) is 3.84. The Kier molecular flexibility index (Phi) is 2.23. The smallest absolute Gasteiger partial charge is 0.0361 e. The van der Waals surface area contributed by atoms with Gasteiger partial charge in [-0.3, -0.25) is 0 Å². The summed E-state index contributed by atoms with van der Waals surface area (Å²) in [5, 5.41) is 3.29. The highest BCUT2D eigenvalue weighted by molar-refractivity contribution is 5.46. The van der Waals surface area contributed by atoms with E-state index in [0.29, 0.717) is 0 Å². The van der Waals surface area contributed by atoms with Gasteiger partial charge in [-0.2, -0.15) is 0 Å².